The zero-order chi connectivity index (χ0) is 22.8. The summed E-state index contributed by atoms with van der Waals surface area (Å²) in [7, 11) is 3.38. The lowest BCUT2D eigenvalue weighted by molar-refractivity contribution is 0.414. The van der Waals surface area contributed by atoms with Gasteiger partial charge in [0, 0.05) is 37.1 Å². The Morgan fingerprint density at radius 2 is 1.41 bits per heavy atom. The van der Waals surface area contributed by atoms with Crippen LogP contribution in [-0.2, 0) is 13.1 Å². The quantitative estimate of drug-likeness (QED) is 0.363. The number of ether oxygens (including phenoxy) is 2. The van der Waals surface area contributed by atoms with E-state index >= 15 is 0 Å². The molecule has 1 heterocycles. The van der Waals surface area contributed by atoms with Crippen molar-refractivity contribution >= 4 is 11.5 Å². The van der Waals surface area contributed by atoms with Crippen LogP contribution in [0, 0.1) is 0 Å². The molecule has 2 aromatic carbocycles. The van der Waals surface area contributed by atoms with Crippen LogP contribution in [0.5, 0.6) is 11.5 Å². The molecule has 5 nitrogen and oxygen atoms in total. The Bertz CT molecular complexity index is 892. The van der Waals surface area contributed by atoms with E-state index in [-0.39, 0.29) is 0 Å². The normalized spacial score (nSPS) is 11.6. The van der Waals surface area contributed by atoms with Gasteiger partial charge in [-0.05, 0) is 54.3 Å². The van der Waals surface area contributed by atoms with E-state index in [0.717, 1.165) is 48.9 Å². The summed E-state index contributed by atoms with van der Waals surface area (Å²) in [6, 6.07) is 21.1. The fraction of sp³-hybridized carbons (Fsp3) is 0.370. The molecule has 0 unspecified atom stereocenters. The molecule has 170 valence electrons. The lowest BCUT2D eigenvalue weighted by atomic mass is 10.1. The molecule has 3 aromatic rings. The molecule has 3 rings (SSSR count). The van der Waals surface area contributed by atoms with Gasteiger partial charge in [0.2, 0.25) is 0 Å². The molecule has 32 heavy (non-hydrogen) atoms. The Morgan fingerprint density at radius 1 is 0.844 bits per heavy atom. The Hall–Kier alpha value is -3.21. The number of nitrogens with one attached hydrogen (secondary N) is 1. The molecule has 1 atom stereocenters. The Labute approximate surface area is 192 Å². The maximum atomic E-state index is 5.31. The van der Waals surface area contributed by atoms with Crippen molar-refractivity contribution in [2.45, 2.75) is 52.2 Å². The summed E-state index contributed by atoms with van der Waals surface area (Å²) in [6.45, 7) is 5.96. The first-order valence-electron chi connectivity index (χ1n) is 11.4. The second-order valence-corrected chi connectivity index (χ2v) is 7.99. The molecule has 0 amide bonds. The molecular weight excluding hydrogens is 398 g/mol. The number of methoxy groups -OCH3 is 2. The summed E-state index contributed by atoms with van der Waals surface area (Å²) in [6.07, 6.45) is 5.33. The number of hydrogen-bond donors (Lipinski definition) is 1. The van der Waals surface area contributed by atoms with Crippen LogP contribution in [0.2, 0.25) is 0 Å². The molecule has 0 spiro atoms. The molecule has 0 fully saturated rings. The highest BCUT2D eigenvalue weighted by Crippen LogP contribution is 2.24. The van der Waals surface area contributed by atoms with Crippen molar-refractivity contribution in [2.24, 2.45) is 0 Å². The first-order chi connectivity index (χ1) is 15.6. The maximum absolute atomic E-state index is 5.31. The zero-order valence-corrected chi connectivity index (χ0v) is 19.7. The van der Waals surface area contributed by atoms with Crippen molar-refractivity contribution in [3.63, 3.8) is 0 Å². The molecule has 0 aliphatic rings. The van der Waals surface area contributed by atoms with E-state index in [1.807, 2.05) is 30.5 Å². The maximum Gasteiger partial charge on any atom is 0.131 e. The predicted octanol–water partition coefficient (Wildman–Crippen LogP) is 6.30. The molecule has 0 saturated carbocycles. The standard InChI is InChI=1S/C27H35N3O2/c1-5-7-23(6-2)29-24-16-17-28-27(18-24)30(19-21-8-12-25(31-3)13-9-21)20-22-10-14-26(32-4)15-11-22/h8-18,23H,5-7,19-20H2,1-4H3,(H,28,29)/t23-/m1/s1. The highest BCUT2D eigenvalue weighted by atomic mass is 16.5. The predicted molar refractivity (Wildman–Crippen MR) is 133 cm³/mol. The van der Waals surface area contributed by atoms with Crippen molar-refractivity contribution in [1.29, 1.82) is 0 Å². The van der Waals surface area contributed by atoms with E-state index in [0.29, 0.717) is 6.04 Å². The molecule has 0 radical (unpaired) electrons. The molecule has 1 aromatic heterocycles. The molecule has 0 aliphatic carbocycles. The van der Waals surface area contributed by atoms with E-state index in [9.17, 15) is 0 Å². The summed E-state index contributed by atoms with van der Waals surface area (Å²) in [5.74, 6) is 2.68. The molecular formula is C27H35N3O2. The van der Waals surface area contributed by atoms with Gasteiger partial charge >= 0.3 is 0 Å². The highest BCUT2D eigenvalue weighted by molar-refractivity contribution is 5.54. The van der Waals surface area contributed by atoms with Gasteiger partial charge in [-0.15, -0.1) is 0 Å². The average Bonchev–Trinajstić information content (AvgIpc) is 2.84. The van der Waals surface area contributed by atoms with Gasteiger partial charge < -0.3 is 19.7 Å². The van der Waals surface area contributed by atoms with E-state index in [1.54, 1.807) is 14.2 Å². The Morgan fingerprint density at radius 3 is 1.88 bits per heavy atom. The minimum atomic E-state index is 0.479. The third kappa shape index (κ3) is 6.64. The lowest BCUT2D eigenvalue weighted by Gasteiger charge is -2.25. The van der Waals surface area contributed by atoms with Crippen molar-refractivity contribution in [3.8, 4) is 11.5 Å². The molecule has 5 heteroatoms. The number of anilines is 2. The molecule has 0 aliphatic heterocycles. The summed E-state index contributed by atoms with van der Waals surface area (Å²) >= 11 is 0. The van der Waals surface area contributed by atoms with Crippen molar-refractivity contribution < 1.29 is 9.47 Å². The monoisotopic (exact) mass is 433 g/mol. The second-order valence-electron chi connectivity index (χ2n) is 7.99. The van der Waals surface area contributed by atoms with Crippen molar-refractivity contribution in [2.75, 3.05) is 24.4 Å². The van der Waals surface area contributed by atoms with E-state index < -0.39 is 0 Å². The smallest absolute Gasteiger partial charge is 0.131 e. The summed E-state index contributed by atoms with van der Waals surface area (Å²) in [5.41, 5.74) is 3.53. The first-order valence-corrected chi connectivity index (χ1v) is 11.4. The van der Waals surface area contributed by atoms with Crippen LogP contribution in [0.3, 0.4) is 0 Å². The third-order valence-corrected chi connectivity index (χ3v) is 5.64. The number of benzene rings is 2. The largest absolute Gasteiger partial charge is 0.497 e. The fourth-order valence-corrected chi connectivity index (χ4v) is 3.76. The minimum Gasteiger partial charge on any atom is -0.497 e. The van der Waals surface area contributed by atoms with Gasteiger partial charge in [0.15, 0.2) is 0 Å². The van der Waals surface area contributed by atoms with Crippen molar-refractivity contribution in [3.05, 3.63) is 78.0 Å². The van der Waals surface area contributed by atoms with E-state index in [4.69, 9.17) is 14.5 Å². The van der Waals surface area contributed by atoms with Gasteiger partial charge in [-0.25, -0.2) is 4.98 Å². The number of hydrogen-bond acceptors (Lipinski definition) is 5. The van der Waals surface area contributed by atoms with Gasteiger partial charge in [-0.1, -0.05) is 44.5 Å². The number of aromatic nitrogens is 1. The van der Waals surface area contributed by atoms with Crippen LogP contribution in [0.1, 0.15) is 44.2 Å². The molecule has 1 N–H and O–H groups in total. The van der Waals surface area contributed by atoms with Crippen molar-refractivity contribution in [1.82, 2.24) is 4.98 Å². The Kier molecular flexibility index (Phi) is 8.79. The fourth-order valence-electron chi connectivity index (χ4n) is 3.76. The third-order valence-electron chi connectivity index (χ3n) is 5.64. The van der Waals surface area contributed by atoms with Crippen LogP contribution in [0.25, 0.3) is 0 Å². The SMILES string of the molecule is CCC[C@@H](CC)Nc1ccnc(N(Cc2ccc(OC)cc2)Cc2ccc(OC)cc2)c1. The number of nitrogens with zero attached hydrogens (tertiary/aromatic N) is 2. The Balaban J connectivity index is 1.85. The van der Waals surface area contributed by atoms with Gasteiger partial charge in [-0.2, -0.15) is 0 Å². The van der Waals surface area contributed by atoms with Crippen LogP contribution >= 0.6 is 0 Å². The topological polar surface area (TPSA) is 46.6 Å². The summed E-state index contributed by atoms with van der Waals surface area (Å²) in [4.78, 5) is 7.02. The van der Waals surface area contributed by atoms with Gasteiger partial charge in [0.05, 0.1) is 14.2 Å². The van der Waals surface area contributed by atoms with Crippen LogP contribution in [0.15, 0.2) is 66.9 Å². The van der Waals surface area contributed by atoms with Crippen LogP contribution < -0.4 is 19.7 Å². The first kappa shape index (κ1) is 23.5. The molecule has 0 bridgehead atoms. The second kappa shape index (κ2) is 12.0. The average molecular weight is 434 g/mol. The van der Waals surface area contributed by atoms with E-state index in [1.165, 1.54) is 17.5 Å². The van der Waals surface area contributed by atoms with Gasteiger partial charge in [-0.3, -0.25) is 0 Å². The van der Waals surface area contributed by atoms with E-state index in [2.05, 4.69) is 60.5 Å². The number of pyridine rings is 1. The minimum absolute atomic E-state index is 0.479. The van der Waals surface area contributed by atoms with Gasteiger partial charge in [0.1, 0.15) is 17.3 Å². The van der Waals surface area contributed by atoms with Crippen LogP contribution in [-0.4, -0.2) is 25.2 Å². The summed E-state index contributed by atoms with van der Waals surface area (Å²) in [5, 5.41) is 3.68. The zero-order valence-electron chi connectivity index (χ0n) is 19.7. The highest BCUT2D eigenvalue weighted by Gasteiger charge is 2.13. The van der Waals surface area contributed by atoms with Crippen LogP contribution in [0.4, 0.5) is 11.5 Å². The summed E-state index contributed by atoms with van der Waals surface area (Å²) < 4.78 is 10.6. The number of rotatable bonds is 12. The lowest BCUT2D eigenvalue weighted by Crippen LogP contribution is -2.24. The molecule has 0 saturated heterocycles. The van der Waals surface area contributed by atoms with Gasteiger partial charge in [0.25, 0.3) is 0 Å².